The van der Waals surface area contributed by atoms with Crippen LogP contribution in [0.15, 0.2) is 35.5 Å². The summed E-state index contributed by atoms with van der Waals surface area (Å²) in [5, 5.41) is 2.78. The molecular weight excluding hydrogens is 446 g/mol. The molecule has 2 saturated carbocycles. The van der Waals surface area contributed by atoms with Crippen molar-refractivity contribution in [2.24, 2.45) is 0 Å². The van der Waals surface area contributed by atoms with Gasteiger partial charge in [-0.25, -0.2) is 4.98 Å². The largest absolute Gasteiger partial charge is 0.474 e. The number of carbonyl (C=O) groups excluding carboxylic acids is 1. The molecule has 0 radical (unpaired) electrons. The SMILES string of the molecule is CCC12CCC(c3cn4cc(C(=O)Nc5cccn(C6CC6)c5=O)c(OC(C)C)nc4n3)(CO1)C2. The van der Waals surface area contributed by atoms with Crippen molar-refractivity contribution in [3.8, 4) is 5.88 Å². The molecule has 2 bridgehead atoms. The molecule has 4 heterocycles. The van der Waals surface area contributed by atoms with Crippen molar-refractivity contribution >= 4 is 17.4 Å². The summed E-state index contributed by atoms with van der Waals surface area (Å²) >= 11 is 0. The summed E-state index contributed by atoms with van der Waals surface area (Å²) in [4.78, 5) is 35.6. The Morgan fingerprint density at radius 3 is 2.77 bits per heavy atom. The molecule has 2 unspecified atom stereocenters. The molecule has 184 valence electrons. The molecule has 6 rings (SSSR count). The van der Waals surface area contributed by atoms with Crippen LogP contribution >= 0.6 is 0 Å². The van der Waals surface area contributed by atoms with E-state index in [0.717, 1.165) is 44.2 Å². The fourth-order valence-corrected chi connectivity index (χ4v) is 5.56. The number of imidazole rings is 1. The van der Waals surface area contributed by atoms with Crippen molar-refractivity contribution in [3.63, 3.8) is 0 Å². The van der Waals surface area contributed by atoms with Gasteiger partial charge in [0.2, 0.25) is 11.7 Å². The number of amides is 1. The van der Waals surface area contributed by atoms with Gasteiger partial charge in [0.15, 0.2) is 0 Å². The van der Waals surface area contributed by atoms with Gasteiger partial charge >= 0.3 is 0 Å². The number of nitrogens with zero attached hydrogens (tertiary/aromatic N) is 4. The molecule has 1 amide bonds. The second-order valence-corrected chi connectivity index (χ2v) is 10.6. The number of nitrogens with one attached hydrogen (secondary N) is 1. The van der Waals surface area contributed by atoms with Crippen LogP contribution in [0.1, 0.15) is 81.4 Å². The number of ether oxygens (including phenoxy) is 2. The van der Waals surface area contributed by atoms with Gasteiger partial charge in [-0.3, -0.25) is 14.0 Å². The van der Waals surface area contributed by atoms with Gasteiger partial charge in [-0.05, 0) is 64.5 Å². The number of aromatic nitrogens is 4. The average Bonchev–Trinajstić information content (AvgIpc) is 3.32. The van der Waals surface area contributed by atoms with E-state index in [4.69, 9.17) is 14.5 Å². The molecule has 2 atom stereocenters. The monoisotopic (exact) mass is 477 g/mol. The molecule has 3 aromatic heterocycles. The third-order valence-corrected chi connectivity index (χ3v) is 7.73. The summed E-state index contributed by atoms with van der Waals surface area (Å²) in [6.07, 6.45) is 11.2. The first-order valence-electron chi connectivity index (χ1n) is 12.5. The summed E-state index contributed by atoms with van der Waals surface area (Å²) in [5.74, 6) is 0.248. The van der Waals surface area contributed by atoms with E-state index in [0.29, 0.717) is 12.4 Å². The Balaban J connectivity index is 1.36. The number of anilines is 1. The minimum absolute atomic E-state index is 0.0384. The Morgan fingerprint density at radius 1 is 1.29 bits per heavy atom. The van der Waals surface area contributed by atoms with Gasteiger partial charge in [0.25, 0.3) is 11.5 Å². The molecule has 3 aliphatic rings. The van der Waals surface area contributed by atoms with Crippen LogP contribution in [-0.2, 0) is 10.2 Å². The molecule has 0 spiro atoms. The fraction of sp³-hybridized carbons (Fsp3) is 0.538. The smallest absolute Gasteiger partial charge is 0.274 e. The van der Waals surface area contributed by atoms with Crippen LogP contribution in [0.3, 0.4) is 0 Å². The van der Waals surface area contributed by atoms with Crippen LogP contribution in [0.2, 0.25) is 0 Å². The minimum Gasteiger partial charge on any atom is -0.474 e. The number of rotatable bonds is 7. The second kappa shape index (κ2) is 7.91. The third kappa shape index (κ3) is 3.73. The number of pyridine rings is 1. The Bertz CT molecular complexity index is 1360. The van der Waals surface area contributed by atoms with Gasteiger partial charge in [-0.1, -0.05) is 6.92 Å². The van der Waals surface area contributed by atoms with Crippen molar-refractivity contribution in [3.05, 3.63) is 52.3 Å². The van der Waals surface area contributed by atoms with Crippen LogP contribution in [0.4, 0.5) is 5.69 Å². The summed E-state index contributed by atoms with van der Waals surface area (Å²) < 4.78 is 15.6. The van der Waals surface area contributed by atoms with E-state index in [2.05, 4.69) is 17.2 Å². The number of carbonyl (C=O) groups is 1. The zero-order valence-corrected chi connectivity index (χ0v) is 20.4. The van der Waals surface area contributed by atoms with E-state index in [1.807, 2.05) is 20.0 Å². The lowest BCUT2D eigenvalue weighted by Crippen LogP contribution is -2.27. The topological polar surface area (TPSA) is 99.8 Å². The predicted molar refractivity (Wildman–Crippen MR) is 130 cm³/mol. The zero-order chi connectivity index (χ0) is 24.4. The van der Waals surface area contributed by atoms with E-state index in [-0.39, 0.29) is 45.9 Å². The van der Waals surface area contributed by atoms with Gasteiger partial charge in [-0.15, -0.1) is 0 Å². The quantitative estimate of drug-likeness (QED) is 0.555. The van der Waals surface area contributed by atoms with Crippen molar-refractivity contribution in [2.75, 3.05) is 11.9 Å². The van der Waals surface area contributed by atoms with Crippen LogP contribution in [0.25, 0.3) is 5.78 Å². The lowest BCUT2D eigenvalue weighted by atomic mass is 9.84. The molecule has 9 heteroatoms. The van der Waals surface area contributed by atoms with Gasteiger partial charge in [0.05, 0.1) is 24.0 Å². The van der Waals surface area contributed by atoms with Crippen LogP contribution < -0.4 is 15.6 Å². The molecule has 2 aliphatic carbocycles. The number of fused-ring (bicyclic) bond motifs is 3. The van der Waals surface area contributed by atoms with Crippen LogP contribution in [0, 0.1) is 0 Å². The maximum Gasteiger partial charge on any atom is 0.274 e. The van der Waals surface area contributed by atoms with Gasteiger partial charge in [-0.2, -0.15) is 4.98 Å². The maximum atomic E-state index is 13.3. The highest BCUT2D eigenvalue weighted by Crippen LogP contribution is 2.55. The molecule has 1 N–H and O–H groups in total. The summed E-state index contributed by atoms with van der Waals surface area (Å²) in [6, 6.07) is 3.64. The lowest BCUT2D eigenvalue weighted by Gasteiger charge is -2.26. The molecular formula is C26H31N5O4. The molecule has 35 heavy (non-hydrogen) atoms. The van der Waals surface area contributed by atoms with E-state index < -0.39 is 5.91 Å². The van der Waals surface area contributed by atoms with Gasteiger partial charge in [0.1, 0.15) is 11.3 Å². The minimum atomic E-state index is -0.441. The molecule has 0 aromatic carbocycles. The highest BCUT2D eigenvalue weighted by Gasteiger charge is 2.56. The third-order valence-electron chi connectivity index (χ3n) is 7.73. The van der Waals surface area contributed by atoms with E-state index >= 15 is 0 Å². The fourth-order valence-electron chi connectivity index (χ4n) is 5.56. The van der Waals surface area contributed by atoms with Crippen molar-refractivity contribution in [1.82, 2.24) is 18.9 Å². The van der Waals surface area contributed by atoms with E-state index in [1.165, 1.54) is 0 Å². The Kier molecular flexibility index (Phi) is 5.03. The summed E-state index contributed by atoms with van der Waals surface area (Å²) in [6.45, 7) is 6.61. The van der Waals surface area contributed by atoms with Gasteiger partial charge < -0.3 is 19.4 Å². The molecule has 3 aromatic rings. The molecule has 1 aliphatic heterocycles. The maximum absolute atomic E-state index is 13.3. The molecule has 9 nitrogen and oxygen atoms in total. The first-order chi connectivity index (χ1) is 16.8. The first kappa shape index (κ1) is 22.3. The van der Waals surface area contributed by atoms with E-state index in [9.17, 15) is 9.59 Å². The zero-order valence-electron chi connectivity index (χ0n) is 20.4. The Morgan fingerprint density at radius 2 is 2.11 bits per heavy atom. The first-order valence-corrected chi connectivity index (χ1v) is 12.5. The number of hydrogen-bond acceptors (Lipinski definition) is 6. The second-order valence-electron chi connectivity index (χ2n) is 10.6. The molecule has 3 fully saturated rings. The van der Waals surface area contributed by atoms with Crippen LogP contribution in [-0.4, -0.2) is 43.2 Å². The van der Waals surface area contributed by atoms with Gasteiger partial charge in [0, 0.05) is 30.0 Å². The predicted octanol–water partition coefficient (Wildman–Crippen LogP) is 3.87. The van der Waals surface area contributed by atoms with Crippen molar-refractivity contribution in [1.29, 1.82) is 0 Å². The lowest BCUT2D eigenvalue weighted by molar-refractivity contribution is -0.0227. The Labute approximate surface area is 203 Å². The Hall–Kier alpha value is -3.20. The van der Waals surface area contributed by atoms with Crippen molar-refractivity contribution in [2.45, 2.75) is 82.5 Å². The number of hydrogen-bond donors (Lipinski definition) is 1. The highest BCUT2D eigenvalue weighted by molar-refractivity contribution is 6.05. The molecule has 1 saturated heterocycles. The standard InChI is InChI=1S/C26H31N5O4/c1-4-26-10-9-25(14-26,15-34-26)20-13-30-12-18(22(35-16(2)3)29-24(30)28-20)21(32)27-19-6-5-11-31(23(19)33)17-7-8-17/h5-6,11-13,16-17H,4,7-10,14-15H2,1-3H3,(H,27,32). The van der Waals surface area contributed by atoms with Crippen molar-refractivity contribution < 1.29 is 14.3 Å². The van der Waals surface area contributed by atoms with E-state index in [1.54, 1.807) is 33.5 Å². The summed E-state index contributed by atoms with van der Waals surface area (Å²) in [5.41, 5.74) is 1.10. The average molecular weight is 478 g/mol. The normalized spacial score (nSPS) is 25.5. The highest BCUT2D eigenvalue weighted by atomic mass is 16.5. The van der Waals surface area contributed by atoms with Crippen LogP contribution in [0.5, 0.6) is 5.88 Å². The summed E-state index contributed by atoms with van der Waals surface area (Å²) in [7, 11) is 0.